The predicted octanol–water partition coefficient (Wildman–Crippen LogP) is 1.79. The van der Waals surface area contributed by atoms with Gasteiger partial charge in [-0.25, -0.2) is 9.97 Å². The van der Waals surface area contributed by atoms with Gasteiger partial charge in [0.15, 0.2) is 0 Å². The Kier molecular flexibility index (Phi) is 4.43. The minimum atomic E-state index is -0.951. The van der Waals surface area contributed by atoms with Crippen molar-refractivity contribution in [3.63, 3.8) is 0 Å². The molecule has 4 rings (SSSR count). The highest BCUT2D eigenvalue weighted by atomic mass is 32.1. The second-order valence-electron chi connectivity index (χ2n) is 6.89. The topological polar surface area (TPSA) is 78.4 Å². The SMILES string of the molecule is O=C(NC[C@@]1(O)CCCN(c2ncccn2)C1)c1cc2c(s1)CCC2. The lowest BCUT2D eigenvalue weighted by atomic mass is 9.93. The molecule has 1 amide bonds. The molecule has 2 N–H and O–H groups in total. The Morgan fingerprint density at radius 3 is 2.96 bits per heavy atom. The van der Waals surface area contributed by atoms with Crippen LogP contribution in [0.2, 0.25) is 0 Å². The Morgan fingerprint density at radius 1 is 1.32 bits per heavy atom. The lowest BCUT2D eigenvalue weighted by Gasteiger charge is -2.39. The summed E-state index contributed by atoms with van der Waals surface area (Å²) in [6, 6.07) is 3.79. The minimum Gasteiger partial charge on any atom is -0.386 e. The van der Waals surface area contributed by atoms with Gasteiger partial charge in [-0.3, -0.25) is 4.79 Å². The first-order chi connectivity index (χ1) is 12.1. The molecule has 0 radical (unpaired) electrons. The molecular weight excluding hydrogens is 336 g/mol. The first kappa shape index (κ1) is 16.5. The summed E-state index contributed by atoms with van der Waals surface area (Å²) < 4.78 is 0. The molecular formula is C18H22N4O2S. The van der Waals surface area contributed by atoms with Gasteiger partial charge in [0.25, 0.3) is 5.91 Å². The standard InChI is InChI=1S/C18H22N4O2S/c23-16(15-10-13-4-1-5-14(13)25-15)21-11-18(24)6-2-9-22(12-18)17-19-7-3-8-20-17/h3,7-8,10,24H,1-2,4-6,9,11-12H2,(H,21,23)/t18-/m0/s1. The number of nitrogens with zero attached hydrogens (tertiary/aromatic N) is 3. The molecule has 25 heavy (non-hydrogen) atoms. The average Bonchev–Trinajstić information content (AvgIpc) is 3.23. The second kappa shape index (κ2) is 6.72. The third-order valence-corrected chi connectivity index (χ3v) is 6.17. The number of carbonyl (C=O) groups excluding carboxylic acids is 1. The summed E-state index contributed by atoms with van der Waals surface area (Å²) >= 11 is 1.59. The van der Waals surface area contributed by atoms with Gasteiger partial charge in [-0.1, -0.05) is 0 Å². The number of hydrogen-bond donors (Lipinski definition) is 2. The largest absolute Gasteiger partial charge is 0.386 e. The zero-order valence-corrected chi connectivity index (χ0v) is 14.9. The molecule has 0 aromatic carbocycles. The number of thiophene rings is 1. The van der Waals surface area contributed by atoms with E-state index in [9.17, 15) is 9.90 Å². The molecule has 0 unspecified atom stereocenters. The molecule has 132 valence electrons. The monoisotopic (exact) mass is 358 g/mol. The van der Waals surface area contributed by atoms with Crippen molar-refractivity contribution in [1.82, 2.24) is 15.3 Å². The van der Waals surface area contributed by atoms with E-state index in [2.05, 4.69) is 15.3 Å². The number of aliphatic hydroxyl groups is 1. The Labute approximate surface area is 150 Å². The van der Waals surface area contributed by atoms with Crippen LogP contribution >= 0.6 is 11.3 Å². The van der Waals surface area contributed by atoms with E-state index >= 15 is 0 Å². The number of piperidine rings is 1. The number of β-amino-alcohol motifs (C(OH)–C–C–N with tert-alkyl or cyclic N) is 1. The molecule has 1 saturated heterocycles. The number of fused-ring (bicyclic) bond motifs is 1. The van der Waals surface area contributed by atoms with E-state index < -0.39 is 5.60 Å². The zero-order chi connectivity index (χ0) is 17.3. The van der Waals surface area contributed by atoms with Crippen LogP contribution < -0.4 is 10.2 Å². The van der Waals surface area contributed by atoms with E-state index in [1.165, 1.54) is 16.9 Å². The molecule has 1 aliphatic carbocycles. The van der Waals surface area contributed by atoms with Gasteiger partial charge in [0, 0.05) is 30.4 Å². The second-order valence-corrected chi connectivity index (χ2v) is 8.03. The number of rotatable bonds is 4. The van der Waals surface area contributed by atoms with E-state index in [1.807, 2.05) is 11.0 Å². The van der Waals surface area contributed by atoms with Gasteiger partial charge in [-0.15, -0.1) is 11.3 Å². The lowest BCUT2D eigenvalue weighted by Crippen LogP contribution is -2.54. The van der Waals surface area contributed by atoms with Gasteiger partial charge in [-0.2, -0.15) is 0 Å². The van der Waals surface area contributed by atoms with E-state index in [0.717, 1.165) is 30.7 Å². The van der Waals surface area contributed by atoms with Crippen LogP contribution in [0.15, 0.2) is 24.5 Å². The van der Waals surface area contributed by atoms with Crippen molar-refractivity contribution in [1.29, 1.82) is 0 Å². The van der Waals surface area contributed by atoms with Crippen LogP contribution in [-0.4, -0.2) is 46.2 Å². The fourth-order valence-corrected chi connectivity index (χ4v) is 4.82. The Bertz CT molecular complexity index is 742. The highest BCUT2D eigenvalue weighted by molar-refractivity contribution is 7.14. The molecule has 7 heteroatoms. The van der Waals surface area contributed by atoms with Crippen molar-refractivity contribution in [3.05, 3.63) is 39.8 Å². The Balaban J connectivity index is 1.38. The van der Waals surface area contributed by atoms with Gasteiger partial charge in [0.2, 0.25) is 5.95 Å². The lowest BCUT2D eigenvalue weighted by molar-refractivity contribution is 0.0253. The average molecular weight is 358 g/mol. The molecule has 2 aliphatic rings. The fourth-order valence-electron chi connectivity index (χ4n) is 3.65. The predicted molar refractivity (Wildman–Crippen MR) is 97.1 cm³/mol. The number of nitrogens with one attached hydrogen (secondary N) is 1. The van der Waals surface area contributed by atoms with Gasteiger partial charge < -0.3 is 15.3 Å². The normalized spacial score (nSPS) is 22.7. The van der Waals surface area contributed by atoms with Gasteiger partial charge in [0.1, 0.15) is 0 Å². The quantitative estimate of drug-likeness (QED) is 0.871. The molecule has 2 aromatic rings. The third kappa shape index (κ3) is 3.52. The number of hydrogen-bond acceptors (Lipinski definition) is 6. The first-order valence-corrected chi connectivity index (χ1v) is 9.59. The number of amides is 1. The summed E-state index contributed by atoms with van der Waals surface area (Å²) in [4.78, 5) is 25.0. The van der Waals surface area contributed by atoms with Crippen LogP contribution in [0.5, 0.6) is 0 Å². The molecule has 0 bridgehead atoms. The number of carbonyl (C=O) groups is 1. The summed E-state index contributed by atoms with van der Waals surface area (Å²) in [5.41, 5.74) is 0.367. The molecule has 0 spiro atoms. The summed E-state index contributed by atoms with van der Waals surface area (Å²) in [5.74, 6) is 0.544. The van der Waals surface area contributed by atoms with E-state index in [1.54, 1.807) is 29.8 Å². The molecule has 1 fully saturated rings. The van der Waals surface area contributed by atoms with Crippen molar-refractivity contribution in [3.8, 4) is 0 Å². The van der Waals surface area contributed by atoms with E-state index in [-0.39, 0.29) is 12.5 Å². The van der Waals surface area contributed by atoms with Crippen molar-refractivity contribution < 1.29 is 9.90 Å². The van der Waals surface area contributed by atoms with Crippen LogP contribution in [0.1, 0.15) is 39.4 Å². The first-order valence-electron chi connectivity index (χ1n) is 8.77. The summed E-state index contributed by atoms with van der Waals surface area (Å²) in [6.45, 7) is 1.49. The van der Waals surface area contributed by atoms with Crippen LogP contribution in [0.4, 0.5) is 5.95 Å². The third-order valence-electron chi connectivity index (χ3n) is 4.94. The van der Waals surface area contributed by atoms with Gasteiger partial charge >= 0.3 is 0 Å². The van der Waals surface area contributed by atoms with Crippen molar-refractivity contribution in [2.75, 3.05) is 24.5 Å². The van der Waals surface area contributed by atoms with Crippen LogP contribution in [-0.2, 0) is 12.8 Å². The number of aryl methyl sites for hydroxylation is 2. The molecule has 1 aliphatic heterocycles. The van der Waals surface area contributed by atoms with Crippen LogP contribution in [0, 0.1) is 0 Å². The van der Waals surface area contributed by atoms with Gasteiger partial charge in [0.05, 0.1) is 17.0 Å². The smallest absolute Gasteiger partial charge is 0.261 e. The van der Waals surface area contributed by atoms with E-state index in [0.29, 0.717) is 18.9 Å². The van der Waals surface area contributed by atoms with Crippen LogP contribution in [0.3, 0.4) is 0 Å². The zero-order valence-electron chi connectivity index (χ0n) is 14.1. The molecule has 0 saturated carbocycles. The maximum absolute atomic E-state index is 12.4. The number of anilines is 1. The molecule has 2 aromatic heterocycles. The summed E-state index contributed by atoms with van der Waals surface area (Å²) in [6.07, 6.45) is 8.27. The molecule has 3 heterocycles. The highest BCUT2D eigenvalue weighted by Gasteiger charge is 2.35. The number of aromatic nitrogens is 2. The molecule has 6 nitrogen and oxygen atoms in total. The van der Waals surface area contributed by atoms with Crippen molar-refractivity contribution >= 4 is 23.2 Å². The summed E-state index contributed by atoms with van der Waals surface area (Å²) in [7, 11) is 0. The maximum atomic E-state index is 12.4. The minimum absolute atomic E-state index is 0.0825. The van der Waals surface area contributed by atoms with Crippen LogP contribution in [0.25, 0.3) is 0 Å². The highest BCUT2D eigenvalue weighted by Crippen LogP contribution is 2.30. The maximum Gasteiger partial charge on any atom is 0.261 e. The summed E-state index contributed by atoms with van der Waals surface area (Å²) in [5, 5.41) is 13.8. The Morgan fingerprint density at radius 2 is 2.16 bits per heavy atom. The fraction of sp³-hybridized carbons (Fsp3) is 0.500. The molecule has 1 atom stereocenters. The van der Waals surface area contributed by atoms with Gasteiger partial charge in [-0.05, 0) is 49.8 Å². The Hall–Kier alpha value is -1.99. The van der Waals surface area contributed by atoms with Crippen molar-refractivity contribution in [2.24, 2.45) is 0 Å². The van der Waals surface area contributed by atoms with Crippen molar-refractivity contribution in [2.45, 2.75) is 37.7 Å². The van der Waals surface area contributed by atoms with E-state index in [4.69, 9.17) is 0 Å².